The number of methoxy groups -OCH3 is 1. The highest BCUT2D eigenvalue weighted by molar-refractivity contribution is 7.99. The zero-order valence-corrected chi connectivity index (χ0v) is 8.38. The molecule has 0 amide bonds. The Balaban J connectivity index is 2.69. The number of rotatable bonds is 8. The molecule has 0 bridgehead atoms. The predicted molar refractivity (Wildman–Crippen MR) is 52.4 cm³/mol. The topological polar surface area (TPSA) is 21.3 Å². The number of nitrogens with one attached hydrogen (secondary N) is 1. The van der Waals surface area contributed by atoms with Gasteiger partial charge in [-0.3, -0.25) is 0 Å². The molecule has 0 radical (unpaired) electrons. The Morgan fingerprint density at radius 3 is 2.73 bits per heavy atom. The molecule has 0 aromatic heterocycles. The van der Waals surface area contributed by atoms with Gasteiger partial charge in [0.15, 0.2) is 0 Å². The van der Waals surface area contributed by atoms with Crippen LogP contribution in [0.4, 0.5) is 0 Å². The summed E-state index contributed by atoms with van der Waals surface area (Å²) in [6.45, 7) is 5.33. The lowest BCUT2D eigenvalue weighted by molar-refractivity contribution is 0.218. The number of ether oxygens (including phenoxy) is 1. The maximum Gasteiger partial charge on any atom is 0.0552 e. The van der Waals surface area contributed by atoms with E-state index in [4.69, 9.17) is 4.74 Å². The van der Waals surface area contributed by atoms with Crippen LogP contribution >= 0.6 is 11.8 Å². The smallest absolute Gasteiger partial charge is 0.0552 e. The van der Waals surface area contributed by atoms with Crippen molar-refractivity contribution in [3.05, 3.63) is 0 Å². The van der Waals surface area contributed by atoms with E-state index in [0.717, 1.165) is 25.4 Å². The lowest BCUT2D eigenvalue weighted by atomic mass is 10.5. The third-order valence-corrected chi connectivity index (χ3v) is 2.23. The molecule has 0 atom stereocenters. The Morgan fingerprint density at radius 1 is 1.27 bits per heavy atom. The van der Waals surface area contributed by atoms with E-state index in [1.54, 1.807) is 7.11 Å². The monoisotopic (exact) mass is 177 g/mol. The molecular formula is C8H19NOS. The van der Waals surface area contributed by atoms with Gasteiger partial charge in [-0.25, -0.2) is 0 Å². The molecule has 0 saturated heterocycles. The second kappa shape index (κ2) is 10.3. The minimum absolute atomic E-state index is 0.873. The van der Waals surface area contributed by atoms with Gasteiger partial charge < -0.3 is 10.1 Å². The van der Waals surface area contributed by atoms with Gasteiger partial charge in [-0.2, -0.15) is 11.8 Å². The van der Waals surface area contributed by atoms with E-state index in [1.807, 2.05) is 11.8 Å². The van der Waals surface area contributed by atoms with Gasteiger partial charge in [-0.15, -0.1) is 0 Å². The van der Waals surface area contributed by atoms with Crippen LogP contribution < -0.4 is 5.32 Å². The summed E-state index contributed by atoms with van der Waals surface area (Å²) in [5.41, 5.74) is 0. The van der Waals surface area contributed by atoms with Crippen molar-refractivity contribution in [3.8, 4) is 0 Å². The molecule has 0 aromatic carbocycles. The summed E-state index contributed by atoms with van der Waals surface area (Å²) in [5.74, 6) is 2.31. The van der Waals surface area contributed by atoms with Gasteiger partial charge in [0.2, 0.25) is 0 Å². The fourth-order valence-corrected chi connectivity index (χ4v) is 1.47. The standard InChI is InChI=1S/C8H19NOS/c1-3-4-9-5-7-11-8-6-10-2/h9H,3-8H2,1-2H3. The molecule has 0 aliphatic heterocycles. The van der Waals surface area contributed by atoms with Crippen LogP contribution in [0.3, 0.4) is 0 Å². The molecule has 68 valence electrons. The van der Waals surface area contributed by atoms with E-state index in [-0.39, 0.29) is 0 Å². The van der Waals surface area contributed by atoms with Gasteiger partial charge in [0, 0.05) is 25.2 Å². The first-order valence-electron chi connectivity index (χ1n) is 4.19. The Kier molecular flexibility index (Phi) is 10.5. The molecule has 3 heteroatoms. The van der Waals surface area contributed by atoms with Crippen molar-refractivity contribution in [2.45, 2.75) is 13.3 Å². The fourth-order valence-electron chi connectivity index (χ4n) is 0.690. The van der Waals surface area contributed by atoms with Gasteiger partial charge in [-0.05, 0) is 13.0 Å². The summed E-state index contributed by atoms with van der Waals surface area (Å²) in [7, 11) is 1.75. The van der Waals surface area contributed by atoms with Crippen LogP contribution in [-0.2, 0) is 4.74 Å². The summed E-state index contributed by atoms with van der Waals surface area (Å²) < 4.78 is 4.93. The van der Waals surface area contributed by atoms with E-state index in [0.29, 0.717) is 0 Å². The van der Waals surface area contributed by atoms with E-state index < -0.39 is 0 Å². The Morgan fingerprint density at radius 2 is 2.09 bits per heavy atom. The van der Waals surface area contributed by atoms with Gasteiger partial charge >= 0.3 is 0 Å². The van der Waals surface area contributed by atoms with Crippen molar-refractivity contribution in [2.75, 3.05) is 38.3 Å². The summed E-state index contributed by atoms with van der Waals surface area (Å²) in [4.78, 5) is 0. The molecule has 0 heterocycles. The minimum atomic E-state index is 0.873. The van der Waals surface area contributed by atoms with E-state index in [2.05, 4.69) is 12.2 Å². The number of hydrogen-bond acceptors (Lipinski definition) is 3. The Bertz CT molecular complexity index is 63.1. The van der Waals surface area contributed by atoms with Gasteiger partial charge in [0.1, 0.15) is 0 Å². The lowest BCUT2D eigenvalue weighted by Crippen LogP contribution is -2.17. The normalized spacial score (nSPS) is 10.4. The summed E-state index contributed by atoms with van der Waals surface area (Å²) in [6, 6.07) is 0. The third-order valence-electron chi connectivity index (χ3n) is 1.28. The van der Waals surface area contributed by atoms with Crippen molar-refractivity contribution < 1.29 is 4.74 Å². The maximum atomic E-state index is 4.93. The molecule has 0 saturated carbocycles. The van der Waals surface area contributed by atoms with E-state index in [1.165, 1.54) is 12.2 Å². The highest BCUT2D eigenvalue weighted by Gasteiger charge is 1.87. The van der Waals surface area contributed by atoms with Crippen LogP contribution in [0.25, 0.3) is 0 Å². The average Bonchev–Trinajstić information content (AvgIpc) is 2.03. The molecular weight excluding hydrogens is 158 g/mol. The molecule has 0 fully saturated rings. The van der Waals surface area contributed by atoms with Crippen LogP contribution in [0.15, 0.2) is 0 Å². The fraction of sp³-hybridized carbons (Fsp3) is 1.00. The minimum Gasteiger partial charge on any atom is -0.384 e. The first kappa shape index (κ1) is 11.3. The van der Waals surface area contributed by atoms with Crippen molar-refractivity contribution in [1.29, 1.82) is 0 Å². The molecule has 0 spiro atoms. The molecule has 0 unspecified atom stereocenters. The number of thioether (sulfide) groups is 1. The maximum absolute atomic E-state index is 4.93. The zero-order chi connectivity index (χ0) is 8.36. The van der Waals surface area contributed by atoms with Gasteiger partial charge in [0.05, 0.1) is 6.61 Å². The highest BCUT2D eigenvalue weighted by atomic mass is 32.2. The summed E-state index contributed by atoms with van der Waals surface area (Å²) >= 11 is 1.94. The molecule has 2 nitrogen and oxygen atoms in total. The van der Waals surface area contributed by atoms with Crippen LogP contribution in [0.5, 0.6) is 0 Å². The lowest BCUT2D eigenvalue weighted by Gasteiger charge is -2.01. The summed E-state index contributed by atoms with van der Waals surface area (Å²) in [6.07, 6.45) is 1.22. The largest absolute Gasteiger partial charge is 0.384 e. The second-order valence-corrected chi connectivity index (χ2v) is 3.58. The predicted octanol–water partition coefficient (Wildman–Crippen LogP) is 1.37. The van der Waals surface area contributed by atoms with E-state index >= 15 is 0 Å². The van der Waals surface area contributed by atoms with Crippen LogP contribution in [0.1, 0.15) is 13.3 Å². The van der Waals surface area contributed by atoms with Crippen molar-refractivity contribution >= 4 is 11.8 Å². The van der Waals surface area contributed by atoms with Crippen molar-refractivity contribution in [3.63, 3.8) is 0 Å². The molecule has 0 aliphatic rings. The van der Waals surface area contributed by atoms with Crippen LogP contribution in [-0.4, -0.2) is 38.3 Å². The molecule has 0 aromatic rings. The molecule has 0 aliphatic carbocycles. The van der Waals surface area contributed by atoms with Gasteiger partial charge in [-0.1, -0.05) is 6.92 Å². The molecule has 11 heavy (non-hydrogen) atoms. The third kappa shape index (κ3) is 10.3. The second-order valence-electron chi connectivity index (χ2n) is 2.36. The summed E-state index contributed by atoms with van der Waals surface area (Å²) in [5, 5.41) is 3.35. The average molecular weight is 177 g/mol. The first-order valence-corrected chi connectivity index (χ1v) is 5.34. The first-order chi connectivity index (χ1) is 5.41. The Hall–Kier alpha value is 0.270. The molecule has 1 N–H and O–H groups in total. The van der Waals surface area contributed by atoms with Crippen LogP contribution in [0.2, 0.25) is 0 Å². The highest BCUT2D eigenvalue weighted by Crippen LogP contribution is 1.96. The zero-order valence-electron chi connectivity index (χ0n) is 7.56. The Labute approximate surface area is 74.1 Å². The van der Waals surface area contributed by atoms with Gasteiger partial charge in [0.25, 0.3) is 0 Å². The number of hydrogen-bond donors (Lipinski definition) is 1. The van der Waals surface area contributed by atoms with E-state index in [9.17, 15) is 0 Å². The quantitative estimate of drug-likeness (QED) is 0.566. The van der Waals surface area contributed by atoms with Crippen LogP contribution in [0, 0.1) is 0 Å². The van der Waals surface area contributed by atoms with Crippen molar-refractivity contribution in [1.82, 2.24) is 5.32 Å². The van der Waals surface area contributed by atoms with Crippen molar-refractivity contribution in [2.24, 2.45) is 0 Å². The SMILES string of the molecule is CCCNCCSCCOC. The molecule has 0 rings (SSSR count).